The van der Waals surface area contributed by atoms with E-state index in [4.69, 9.17) is 19.4 Å². The van der Waals surface area contributed by atoms with Gasteiger partial charge in [0.15, 0.2) is 17.5 Å². The highest BCUT2D eigenvalue weighted by Gasteiger charge is 2.19. The number of nitrogens with zero attached hydrogens (tertiary/aromatic N) is 3. The highest BCUT2D eigenvalue weighted by atomic mass is 16.3. The Morgan fingerprint density at radius 2 is 0.878 bits per heavy atom. The zero-order chi connectivity index (χ0) is 32.3. The van der Waals surface area contributed by atoms with Gasteiger partial charge in [0.1, 0.15) is 11.2 Å². The normalized spacial score (nSPS) is 11.7. The highest BCUT2D eigenvalue weighted by molar-refractivity contribution is 6.19. The third-order valence-electron chi connectivity index (χ3n) is 9.48. The minimum atomic E-state index is 0.619. The molecule has 4 heteroatoms. The molecule has 0 aliphatic heterocycles. The van der Waals surface area contributed by atoms with Gasteiger partial charge in [0.25, 0.3) is 0 Å². The molecule has 228 valence electrons. The van der Waals surface area contributed by atoms with Crippen molar-refractivity contribution < 1.29 is 4.42 Å². The molecule has 10 rings (SSSR count). The van der Waals surface area contributed by atoms with Crippen LogP contribution in [-0.4, -0.2) is 15.0 Å². The number of rotatable bonds is 4. The predicted molar refractivity (Wildman–Crippen MR) is 201 cm³/mol. The molecule has 0 saturated heterocycles. The van der Waals surface area contributed by atoms with E-state index in [1.165, 1.54) is 10.8 Å². The van der Waals surface area contributed by atoms with Crippen LogP contribution in [0, 0.1) is 0 Å². The summed E-state index contributed by atoms with van der Waals surface area (Å²) in [5.41, 5.74) is 6.83. The van der Waals surface area contributed by atoms with Crippen LogP contribution in [0.3, 0.4) is 0 Å². The second-order valence-electron chi connectivity index (χ2n) is 12.5. The standard InChI is InChI=1S/C45H27N3O/c1-2-10-28(11-3-1)33-22-23-41-38(26-33)39-27-40(36-16-8-9-17-37(36)42(39)49-41)45-47-43(34-20-18-29-12-4-6-14-31(29)24-34)46-44(48-45)35-21-19-30-13-5-7-15-32(30)25-35/h1-27H. The first kappa shape index (κ1) is 27.5. The number of hydrogen-bond donors (Lipinski definition) is 0. The molecule has 0 saturated carbocycles. The lowest BCUT2D eigenvalue weighted by molar-refractivity contribution is 0.673. The monoisotopic (exact) mass is 625 g/mol. The van der Waals surface area contributed by atoms with Crippen LogP contribution in [0.25, 0.3) is 99.5 Å². The highest BCUT2D eigenvalue weighted by Crippen LogP contribution is 2.41. The van der Waals surface area contributed by atoms with Gasteiger partial charge < -0.3 is 4.42 Å². The molecule has 0 aliphatic rings. The van der Waals surface area contributed by atoms with Crippen LogP contribution in [0.1, 0.15) is 0 Å². The van der Waals surface area contributed by atoms with Crippen LogP contribution in [0.2, 0.25) is 0 Å². The lowest BCUT2D eigenvalue weighted by Crippen LogP contribution is -2.01. The third kappa shape index (κ3) is 4.65. The average Bonchev–Trinajstić information content (AvgIpc) is 3.55. The van der Waals surface area contributed by atoms with Gasteiger partial charge >= 0.3 is 0 Å². The fourth-order valence-corrected chi connectivity index (χ4v) is 7.00. The second kappa shape index (κ2) is 11.0. The number of benzene rings is 8. The van der Waals surface area contributed by atoms with E-state index in [1.54, 1.807) is 0 Å². The SMILES string of the molecule is c1ccc(-c2ccc3oc4c5ccccc5c(-c5nc(-c6ccc7ccccc7c6)nc(-c6ccc7ccccc7c6)n5)cc4c3c2)cc1. The lowest BCUT2D eigenvalue weighted by atomic mass is 9.98. The van der Waals surface area contributed by atoms with Gasteiger partial charge in [-0.15, -0.1) is 0 Å². The molecule has 0 N–H and O–H groups in total. The van der Waals surface area contributed by atoms with Gasteiger partial charge in [0.2, 0.25) is 0 Å². The van der Waals surface area contributed by atoms with E-state index in [0.717, 1.165) is 71.3 Å². The molecular weight excluding hydrogens is 599 g/mol. The molecule has 0 radical (unpaired) electrons. The summed E-state index contributed by atoms with van der Waals surface area (Å²) in [6.07, 6.45) is 0. The predicted octanol–water partition coefficient (Wildman–Crippen LogP) is 11.9. The van der Waals surface area contributed by atoms with Gasteiger partial charge in [0.05, 0.1) is 0 Å². The number of aromatic nitrogens is 3. The topological polar surface area (TPSA) is 51.8 Å². The van der Waals surface area contributed by atoms with Gasteiger partial charge in [-0.2, -0.15) is 0 Å². The Kier molecular flexibility index (Phi) is 6.15. The maximum atomic E-state index is 6.56. The van der Waals surface area contributed by atoms with Gasteiger partial charge in [0, 0.05) is 32.8 Å². The fraction of sp³-hybridized carbons (Fsp3) is 0. The largest absolute Gasteiger partial charge is 0.455 e. The van der Waals surface area contributed by atoms with Gasteiger partial charge in [-0.25, -0.2) is 15.0 Å². The molecule has 49 heavy (non-hydrogen) atoms. The molecule has 0 fully saturated rings. The Balaban J connectivity index is 1.25. The van der Waals surface area contributed by atoms with E-state index >= 15 is 0 Å². The summed E-state index contributed by atoms with van der Waals surface area (Å²) < 4.78 is 6.56. The lowest BCUT2D eigenvalue weighted by Gasteiger charge is -2.12. The summed E-state index contributed by atoms with van der Waals surface area (Å²) in [5.74, 6) is 1.88. The Morgan fingerprint density at radius 1 is 0.327 bits per heavy atom. The molecule has 2 aromatic heterocycles. The zero-order valence-electron chi connectivity index (χ0n) is 26.3. The van der Waals surface area contributed by atoms with Crippen molar-refractivity contribution >= 4 is 54.3 Å². The molecule has 0 unspecified atom stereocenters. The van der Waals surface area contributed by atoms with E-state index in [2.05, 4.69) is 158 Å². The van der Waals surface area contributed by atoms with E-state index in [0.29, 0.717) is 17.5 Å². The number of hydrogen-bond acceptors (Lipinski definition) is 4. The number of furan rings is 1. The van der Waals surface area contributed by atoms with Crippen molar-refractivity contribution in [3.05, 3.63) is 164 Å². The van der Waals surface area contributed by atoms with Crippen molar-refractivity contribution in [1.29, 1.82) is 0 Å². The summed E-state index contributed by atoms with van der Waals surface area (Å²) in [7, 11) is 0. The number of fused-ring (bicyclic) bond motifs is 7. The van der Waals surface area contributed by atoms with Crippen LogP contribution in [0.4, 0.5) is 0 Å². The van der Waals surface area contributed by atoms with Crippen molar-refractivity contribution in [1.82, 2.24) is 15.0 Å². The minimum absolute atomic E-state index is 0.619. The second-order valence-corrected chi connectivity index (χ2v) is 12.5. The van der Waals surface area contributed by atoms with Crippen molar-refractivity contribution in [3.8, 4) is 45.3 Å². The van der Waals surface area contributed by atoms with Crippen LogP contribution in [-0.2, 0) is 0 Å². The summed E-state index contributed by atoms with van der Waals surface area (Å²) in [4.78, 5) is 15.5. The van der Waals surface area contributed by atoms with Gasteiger partial charge in [-0.05, 0) is 68.4 Å². The quantitative estimate of drug-likeness (QED) is 0.195. The van der Waals surface area contributed by atoms with Gasteiger partial charge in [-0.1, -0.05) is 133 Å². The first-order valence-corrected chi connectivity index (χ1v) is 16.4. The fourth-order valence-electron chi connectivity index (χ4n) is 7.00. The first-order valence-electron chi connectivity index (χ1n) is 16.4. The molecule has 10 aromatic rings. The van der Waals surface area contributed by atoms with E-state index < -0.39 is 0 Å². The van der Waals surface area contributed by atoms with Crippen LogP contribution < -0.4 is 0 Å². The zero-order valence-corrected chi connectivity index (χ0v) is 26.3. The average molecular weight is 626 g/mol. The summed E-state index contributed by atoms with van der Waals surface area (Å²) in [6.45, 7) is 0. The molecule has 0 atom stereocenters. The van der Waals surface area contributed by atoms with E-state index in [1.807, 2.05) is 6.07 Å². The van der Waals surface area contributed by atoms with Crippen molar-refractivity contribution in [2.24, 2.45) is 0 Å². The van der Waals surface area contributed by atoms with E-state index in [9.17, 15) is 0 Å². The first-order chi connectivity index (χ1) is 24.2. The molecule has 0 amide bonds. The molecule has 0 aliphatic carbocycles. The molecule has 8 aromatic carbocycles. The smallest absolute Gasteiger partial charge is 0.164 e. The van der Waals surface area contributed by atoms with Gasteiger partial charge in [-0.3, -0.25) is 0 Å². The Hall–Kier alpha value is -6.65. The minimum Gasteiger partial charge on any atom is -0.455 e. The van der Waals surface area contributed by atoms with Crippen LogP contribution in [0.5, 0.6) is 0 Å². The summed E-state index contributed by atoms with van der Waals surface area (Å²) >= 11 is 0. The molecule has 0 spiro atoms. The van der Waals surface area contributed by atoms with Crippen molar-refractivity contribution in [2.75, 3.05) is 0 Å². The maximum Gasteiger partial charge on any atom is 0.164 e. The summed E-state index contributed by atoms with van der Waals surface area (Å²) in [5, 5.41) is 8.76. The molecule has 0 bridgehead atoms. The molecular formula is C45H27N3O. The summed E-state index contributed by atoms with van der Waals surface area (Å²) in [6, 6.07) is 57.0. The van der Waals surface area contributed by atoms with Crippen molar-refractivity contribution in [3.63, 3.8) is 0 Å². The van der Waals surface area contributed by atoms with E-state index in [-0.39, 0.29) is 0 Å². The maximum absolute atomic E-state index is 6.56. The van der Waals surface area contributed by atoms with Crippen molar-refractivity contribution in [2.45, 2.75) is 0 Å². The Bertz CT molecular complexity index is 2790. The third-order valence-corrected chi connectivity index (χ3v) is 9.48. The molecule has 4 nitrogen and oxygen atoms in total. The van der Waals surface area contributed by atoms with Crippen LogP contribution >= 0.6 is 0 Å². The Morgan fingerprint density at radius 3 is 1.55 bits per heavy atom. The molecule has 2 heterocycles. The van der Waals surface area contributed by atoms with Crippen LogP contribution in [0.15, 0.2) is 168 Å². The Labute approximate surface area is 282 Å².